The number of nitrogens with two attached hydrogens (primary N) is 1. The van der Waals surface area contributed by atoms with Crippen LogP contribution in [0.5, 0.6) is 0 Å². The van der Waals surface area contributed by atoms with Gasteiger partial charge in [-0.3, -0.25) is 4.79 Å². The first-order chi connectivity index (χ1) is 10.2. The van der Waals surface area contributed by atoms with E-state index in [4.69, 9.17) is 5.73 Å². The molecule has 3 nitrogen and oxygen atoms in total. The van der Waals surface area contributed by atoms with Gasteiger partial charge >= 0.3 is 0 Å². The minimum absolute atomic E-state index is 0.0590. The van der Waals surface area contributed by atoms with E-state index in [9.17, 15) is 4.79 Å². The normalized spacial score (nSPS) is 11.9. The molecule has 0 aliphatic heterocycles. The number of nitrogens with one attached hydrogen (secondary N) is 1. The molecule has 2 rings (SSSR count). The van der Waals surface area contributed by atoms with Gasteiger partial charge in [0, 0.05) is 24.6 Å². The lowest BCUT2D eigenvalue weighted by Gasteiger charge is -2.16. The average Bonchev–Trinajstić information content (AvgIpc) is 2.51. The van der Waals surface area contributed by atoms with Gasteiger partial charge in [-0.1, -0.05) is 49.4 Å². The van der Waals surface area contributed by atoms with E-state index in [1.54, 1.807) is 0 Å². The van der Waals surface area contributed by atoms with Crippen LogP contribution in [0.3, 0.4) is 0 Å². The van der Waals surface area contributed by atoms with Gasteiger partial charge in [-0.05, 0) is 29.7 Å². The fourth-order valence-corrected chi connectivity index (χ4v) is 2.40. The van der Waals surface area contributed by atoms with Crippen LogP contribution in [-0.2, 0) is 4.79 Å². The van der Waals surface area contributed by atoms with Gasteiger partial charge in [-0.25, -0.2) is 0 Å². The highest BCUT2D eigenvalue weighted by atomic mass is 16.1. The number of carbonyl (C=O) groups excluding carboxylic acids is 1. The van der Waals surface area contributed by atoms with Crippen LogP contribution in [0.15, 0.2) is 54.6 Å². The van der Waals surface area contributed by atoms with E-state index >= 15 is 0 Å². The Bertz CT molecular complexity index is 564. The Labute approximate surface area is 126 Å². The van der Waals surface area contributed by atoms with Gasteiger partial charge in [0.05, 0.1) is 0 Å². The molecule has 0 radical (unpaired) electrons. The first-order valence-corrected chi connectivity index (χ1v) is 7.39. The molecule has 2 aromatic carbocycles. The third-order valence-electron chi connectivity index (χ3n) is 3.51. The van der Waals surface area contributed by atoms with Crippen molar-refractivity contribution in [1.82, 2.24) is 0 Å². The summed E-state index contributed by atoms with van der Waals surface area (Å²) >= 11 is 0. The largest absolute Gasteiger partial charge is 0.330 e. The summed E-state index contributed by atoms with van der Waals surface area (Å²) in [4.78, 5) is 11.6. The summed E-state index contributed by atoms with van der Waals surface area (Å²) in [5.74, 6) is 0.246. The Hall–Kier alpha value is -2.13. The summed E-state index contributed by atoms with van der Waals surface area (Å²) < 4.78 is 0. The van der Waals surface area contributed by atoms with Gasteiger partial charge in [0.25, 0.3) is 0 Å². The van der Waals surface area contributed by atoms with Gasteiger partial charge < -0.3 is 11.1 Å². The Balaban J connectivity index is 2.12. The Morgan fingerprint density at radius 2 is 1.67 bits per heavy atom. The summed E-state index contributed by atoms with van der Waals surface area (Å²) in [6, 6.07) is 18.2. The topological polar surface area (TPSA) is 55.1 Å². The molecule has 0 unspecified atom stereocenters. The van der Waals surface area contributed by atoms with E-state index in [0.717, 1.165) is 17.7 Å². The predicted octanol–water partition coefficient (Wildman–Crippen LogP) is 3.52. The van der Waals surface area contributed by atoms with Crippen LogP contribution < -0.4 is 11.1 Å². The smallest absolute Gasteiger partial charge is 0.224 e. The number of hydrogen-bond acceptors (Lipinski definition) is 2. The van der Waals surface area contributed by atoms with E-state index in [1.807, 2.05) is 49.4 Å². The number of carbonyl (C=O) groups is 1. The molecule has 0 saturated heterocycles. The van der Waals surface area contributed by atoms with Crippen LogP contribution >= 0.6 is 0 Å². The van der Waals surface area contributed by atoms with E-state index in [2.05, 4.69) is 17.4 Å². The summed E-state index contributed by atoms with van der Waals surface area (Å²) in [6.45, 7) is 2.56. The van der Waals surface area contributed by atoms with E-state index in [1.165, 1.54) is 5.56 Å². The lowest BCUT2D eigenvalue weighted by Crippen LogP contribution is -2.14. The average molecular weight is 282 g/mol. The summed E-state index contributed by atoms with van der Waals surface area (Å²) in [6.07, 6.45) is 1.41. The minimum atomic E-state index is 0.0590. The molecule has 2 aromatic rings. The molecule has 0 heterocycles. The molecule has 1 atom stereocenters. The first-order valence-electron chi connectivity index (χ1n) is 7.39. The number of rotatable bonds is 6. The zero-order valence-electron chi connectivity index (χ0n) is 12.4. The van der Waals surface area contributed by atoms with Crippen molar-refractivity contribution >= 4 is 11.6 Å². The Kier molecular flexibility index (Phi) is 5.52. The molecular weight excluding hydrogens is 260 g/mol. The van der Waals surface area contributed by atoms with Crippen LogP contribution in [0.2, 0.25) is 0 Å². The van der Waals surface area contributed by atoms with Crippen molar-refractivity contribution < 1.29 is 4.79 Å². The molecule has 3 heteroatoms. The second-order valence-electron chi connectivity index (χ2n) is 5.12. The van der Waals surface area contributed by atoms with Crippen molar-refractivity contribution in [3.8, 4) is 0 Å². The minimum Gasteiger partial charge on any atom is -0.330 e. The highest BCUT2D eigenvalue weighted by Crippen LogP contribution is 2.24. The van der Waals surface area contributed by atoms with E-state index < -0.39 is 0 Å². The molecule has 0 fully saturated rings. The maximum atomic E-state index is 11.6. The molecule has 1 amide bonds. The van der Waals surface area contributed by atoms with E-state index in [0.29, 0.717) is 13.0 Å². The quantitative estimate of drug-likeness (QED) is 0.851. The number of benzene rings is 2. The fraction of sp³-hybridized carbons (Fsp3) is 0.278. The van der Waals surface area contributed by atoms with Gasteiger partial charge in [0.2, 0.25) is 5.91 Å². The summed E-state index contributed by atoms with van der Waals surface area (Å²) in [5, 5.41) is 2.90. The summed E-state index contributed by atoms with van der Waals surface area (Å²) in [5.41, 5.74) is 9.13. The summed E-state index contributed by atoms with van der Waals surface area (Å²) in [7, 11) is 0. The third-order valence-corrected chi connectivity index (χ3v) is 3.51. The first kappa shape index (κ1) is 15.3. The third kappa shape index (κ3) is 4.17. The van der Waals surface area contributed by atoms with Crippen molar-refractivity contribution in [1.29, 1.82) is 0 Å². The molecular formula is C18H22N2O. The van der Waals surface area contributed by atoms with Crippen molar-refractivity contribution in [3.05, 3.63) is 65.7 Å². The van der Waals surface area contributed by atoms with Crippen LogP contribution in [0.4, 0.5) is 5.69 Å². The highest BCUT2D eigenvalue weighted by molar-refractivity contribution is 5.90. The molecule has 0 aromatic heterocycles. The van der Waals surface area contributed by atoms with Gasteiger partial charge in [-0.15, -0.1) is 0 Å². The van der Waals surface area contributed by atoms with Crippen LogP contribution in [0.1, 0.15) is 36.8 Å². The second kappa shape index (κ2) is 7.60. The standard InChI is InChI=1S/C18H22N2O/c1-2-6-18(21)20-16-11-9-15(10-12-16)17(13-19)14-7-4-3-5-8-14/h3-5,7-12,17H,2,6,13,19H2,1H3,(H,20,21)/t17-/m0/s1. The Morgan fingerprint density at radius 1 is 1.05 bits per heavy atom. The molecule has 110 valence electrons. The number of anilines is 1. The van der Waals surface area contributed by atoms with Gasteiger partial charge in [0.1, 0.15) is 0 Å². The highest BCUT2D eigenvalue weighted by Gasteiger charge is 2.12. The lowest BCUT2D eigenvalue weighted by atomic mass is 9.91. The van der Waals surface area contributed by atoms with Crippen LogP contribution in [0.25, 0.3) is 0 Å². The second-order valence-corrected chi connectivity index (χ2v) is 5.12. The van der Waals surface area contributed by atoms with Crippen molar-refractivity contribution in [2.24, 2.45) is 5.73 Å². The zero-order chi connectivity index (χ0) is 15.1. The van der Waals surface area contributed by atoms with Gasteiger partial charge in [0.15, 0.2) is 0 Å². The number of hydrogen-bond donors (Lipinski definition) is 2. The molecule has 21 heavy (non-hydrogen) atoms. The molecule has 0 saturated carbocycles. The van der Waals surface area contributed by atoms with Gasteiger partial charge in [-0.2, -0.15) is 0 Å². The maximum absolute atomic E-state index is 11.6. The molecule has 0 spiro atoms. The maximum Gasteiger partial charge on any atom is 0.224 e. The Morgan fingerprint density at radius 3 is 2.24 bits per heavy atom. The SMILES string of the molecule is CCCC(=O)Nc1ccc([C@@H](CN)c2ccccc2)cc1. The molecule has 0 aliphatic carbocycles. The monoisotopic (exact) mass is 282 g/mol. The van der Waals surface area contributed by atoms with Crippen LogP contribution in [-0.4, -0.2) is 12.5 Å². The lowest BCUT2D eigenvalue weighted by molar-refractivity contribution is -0.116. The number of amides is 1. The fourth-order valence-electron chi connectivity index (χ4n) is 2.40. The molecule has 3 N–H and O–H groups in total. The van der Waals surface area contributed by atoms with E-state index in [-0.39, 0.29) is 11.8 Å². The molecule has 0 bridgehead atoms. The molecule has 0 aliphatic rings. The van der Waals surface area contributed by atoms with Crippen LogP contribution in [0, 0.1) is 0 Å². The van der Waals surface area contributed by atoms with Crippen molar-refractivity contribution in [2.75, 3.05) is 11.9 Å². The van der Waals surface area contributed by atoms with Crippen molar-refractivity contribution in [2.45, 2.75) is 25.7 Å². The van der Waals surface area contributed by atoms with Crippen molar-refractivity contribution in [3.63, 3.8) is 0 Å². The predicted molar refractivity (Wildman–Crippen MR) is 87.3 cm³/mol. The zero-order valence-corrected chi connectivity index (χ0v) is 12.4.